The zero-order valence-electron chi connectivity index (χ0n) is 10.6. The number of aromatic nitrogens is 2. The Bertz CT molecular complexity index is 530. The molecule has 0 saturated heterocycles. The molecule has 0 fully saturated rings. The molecule has 5 nitrogen and oxygen atoms in total. The second-order valence-electron chi connectivity index (χ2n) is 4.41. The third kappa shape index (κ3) is 3.59. The first-order chi connectivity index (χ1) is 9.24. The van der Waals surface area contributed by atoms with E-state index in [9.17, 15) is 5.11 Å². The first kappa shape index (κ1) is 14.1. The minimum atomic E-state index is -0.556. The molecule has 2 aromatic rings. The van der Waals surface area contributed by atoms with Crippen molar-refractivity contribution in [3.63, 3.8) is 0 Å². The Morgan fingerprint density at radius 3 is 3.00 bits per heavy atom. The first-order valence-electron chi connectivity index (χ1n) is 6.28. The largest absolute Gasteiger partial charge is 0.396 e. The lowest BCUT2D eigenvalue weighted by Crippen LogP contribution is -2.20. The molecule has 0 amide bonds. The average Bonchev–Trinajstić information content (AvgIpc) is 2.84. The summed E-state index contributed by atoms with van der Waals surface area (Å²) in [4.78, 5) is 4.33. The number of anilines is 1. The Morgan fingerprint density at radius 2 is 2.26 bits per heavy atom. The summed E-state index contributed by atoms with van der Waals surface area (Å²) in [7, 11) is 0. The standard InChI is InChI=1S/C13H18ClN3O2/c14-7-11(19)8-15-10-2-3-13-12(6-10)16-9-17(13)4-1-5-18/h2-3,6,9,11,15,18-19H,1,4-5,7-8H2. The predicted molar refractivity (Wildman–Crippen MR) is 76.7 cm³/mol. The van der Waals surface area contributed by atoms with Gasteiger partial charge in [0.25, 0.3) is 0 Å². The van der Waals surface area contributed by atoms with Gasteiger partial charge >= 0.3 is 0 Å². The van der Waals surface area contributed by atoms with E-state index in [1.165, 1.54) is 0 Å². The number of halogens is 1. The highest BCUT2D eigenvalue weighted by Gasteiger charge is 2.05. The second kappa shape index (κ2) is 6.75. The minimum absolute atomic E-state index is 0.176. The van der Waals surface area contributed by atoms with E-state index in [4.69, 9.17) is 16.7 Å². The molecule has 0 aliphatic carbocycles. The molecule has 0 spiro atoms. The van der Waals surface area contributed by atoms with E-state index in [1.54, 1.807) is 6.33 Å². The highest BCUT2D eigenvalue weighted by molar-refractivity contribution is 6.18. The van der Waals surface area contributed by atoms with Crippen molar-refractivity contribution in [1.82, 2.24) is 9.55 Å². The minimum Gasteiger partial charge on any atom is -0.396 e. The van der Waals surface area contributed by atoms with Crippen LogP contribution >= 0.6 is 11.6 Å². The summed E-state index contributed by atoms with van der Waals surface area (Å²) in [5, 5.41) is 21.4. The van der Waals surface area contributed by atoms with Crippen LogP contribution in [0.15, 0.2) is 24.5 Å². The Morgan fingerprint density at radius 1 is 1.42 bits per heavy atom. The maximum absolute atomic E-state index is 9.40. The summed E-state index contributed by atoms with van der Waals surface area (Å²) in [5.41, 5.74) is 2.84. The third-order valence-electron chi connectivity index (χ3n) is 2.90. The molecule has 1 unspecified atom stereocenters. The number of nitrogens with zero attached hydrogens (tertiary/aromatic N) is 2. The van der Waals surface area contributed by atoms with E-state index >= 15 is 0 Å². The van der Waals surface area contributed by atoms with Gasteiger partial charge in [-0.05, 0) is 24.6 Å². The topological polar surface area (TPSA) is 70.3 Å². The lowest BCUT2D eigenvalue weighted by Gasteiger charge is -2.10. The Kier molecular flexibility index (Phi) is 5.01. The van der Waals surface area contributed by atoms with Crippen molar-refractivity contribution in [3.8, 4) is 0 Å². The van der Waals surface area contributed by atoms with Crippen LogP contribution in [0.2, 0.25) is 0 Å². The fourth-order valence-corrected chi connectivity index (χ4v) is 1.99. The second-order valence-corrected chi connectivity index (χ2v) is 4.72. The van der Waals surface area contributed by atoms with Gasteiger partial charge < -0.3 is 20.1 Å². The van der Waals surface area contributed by atoms with Crippen LogP contribution in [0.5, 0.6) is 0 Å². The number of rotatable bonds is 7. The molecule has 1 aromatic carbocycles. The van der Waals surface area contributed by atoms with Crippen LogP contribution in [-0.2, 0) is 6.54 Å². The average molecular weight is 284 g/mol. The molecule has 0 radical (unpaired) electrons. The summed E-state index contributed by atoms with van der Waals surface area (Å²) < 4.78 is 2.02. The molecule has 0 saturated carbocycles. The zero-order chi connectivity index (χ0) is 13.7. The molecular weight excluding hydrogens is 266 g/mol. The summed E-state index contributed by atoms with van der Waals surface area (Å²) in [6.45, 7) is 1.35. The SMILES string of the molecule is OCCCn1cnc2cc(NCC(O)CCl)ccc21. The molecule has 19 heavy (non-hydrogen) atoms. The monoisotopic (exact) mass is 283 g/mol. The number of imidazole rings is 1. The van der Waals surface area contributed by atoms with Gasteiger partial charge in [0.2, 0.25) is 0 Å². The van der Waals surface area contributed by atoms with E-state index in [0.29, 0.717) is 13.0 Å². The molecule has 104 valence electrons. The van der Waals surface area contributed by atoms with Crippen molar-refractivity contribution in [3.05, 3.63) is 24.5 Å². The van der Waals surface area contributed by atoms with Crippen molar-refractivity contribution >= 4 is 28.3 Å². The van der Waals surface area contributed by atoms with Crippen molar-refractivity contribution in [2.24, 2.45) is 0 Å². The number of aliphatic hydroxyl groups is 2. The van der Waals surface area contributed by atoms with Crippen molar-refractivity contribution in [2.45, 2.75) is 19.1 Å². The van der Waals surface area contributed by atoms with Gasteiger partial charge in [0.05, 0.1) is 29.3 Å². The Balaban J connectivity index is 2.09. The van der Waals surface area contributed by atoms with Gasteiger partial charge in [0.15, 0.2) is 0 Å². The van der Waals surface area contributed by atoms with Gasteiger partial charge in [-0.15, -0.1) is 11.6 Å². The maximum atomic E-state index is 9.40. The molecule has 1 aromatic heterocycles. The fourth-order valence-electron chi connectivity index (χ4n) is 1.88. The molecular formula is C13H18ClN3O2. The molecule has 0 bridgehead atoms. The van der Waals surface area contributed by atoms with Crippen molar-refractivity contribution in [1.29, 1.82) is 0 Å². The summed E-state index contributed by atoms with van der Waals surface area (Å²) >= 11 is 5.54. The van der Waals surface area contributed by atoms with Crippen LogP contribution in [0, 0.1) is 0 Å². The zero-order valence-corrected chi connectivity index (χ0v) is 11.3. The van der Waals surface area contributed by atoms with Crippen LogP contribution in [0.25, 0.3) is 11.0 Å². The molecule has 1 atom stereocenters. The smallest absolute Gasteiger partial charge is 0.0958 e. The van der Waals surface area contributed by atoms with Gasteiger partial charge in [-0.1, -0.05) is 0 Å². The van der Waals surface area contributed by atoms with Crippen LogP contribution < -0.4 is 5.32 Å². The molecule has 0 aliphatic rings. The predicted octanol–water partition coefficient (Wildman–Crippen LogP) is 1.43. The maximum Gasteiger partial charge on any atom is 0.0958 e. The van der Waals surface area contributed by atoms with Crippen molar-refractivity contribution in [2.75, 3.05) is 24.3 Å². The van der Waals surface area contributed by atoms with Crippen molar-refractivity contribution < 1.29 is 10.2 Å². The van der Waals surface area contributed by atoms with E-state index in [2.05, 4.69) is 10.3 Å². The Labute approximate surface area is 116 Å². The van der Waals surface area contributed by atoms with E-state index in [-0.39, 0.29) is 12.5 Å². The number of nitrogens with one attached hydrogen (secondary N) is 1. The molecule has 1 heterocycles. The van der Waals surface area contributed by atoms with Crippen LogP contribution in [0.4, 0.5) is 5.69 Å². The molecule has 0 aliphatic heterocycles. The quantitative estimate of drug-likeness (QED) is 0.673. The summed E-state index contributed by atoms with van der Waals surface area (Å²) in [6.07, 6.45) is 1.94. The summed E-state index contributed by atoms with van der Waals surface area (Å²) in [6, 6.07) is 5.86. The highest BCUT2D eigenvalue weighted by atomic mass is 35.5. The van der Waals surface area contributed by atoms with E-state index in [1.807, 2.05) is 22.8 Å². The van der Waals surface area contributed by atoms with E-state index in [0.717, 1.165) is 23.3 Å². The fraction of sp³-hybridized carbons (Fsp3) is 0.462. The van der Waals surface area contributed by atoms with Gasteiger partial charge in [-0.25, -0.2) is 4.98 Å². The number of aryl methyl sites for hydroxylation is 1. The van der Waals surface area contributed by atoms with Gasteiger partial charge in [0.1, 0.15) is 0 Å². The summed E-state index contributed by atoms with van der Waals surface area (Å²) in [5.74, 6) is 0.213. The van der Waals surface area contributed by atoms with Gasteiger partial charge in [-0.3, -0.25) is 0 Å². The van der Waals surface area contributed by atoms with Gasteiger partial charge in [0, 0.05) is 25.4 Å². The van der Waals surface area contributed by atoms with E-state index < -0.39 is 6.10 Å². The molecule has 6 heteroatoms. The highest BCUT2D eigenvalue weighted by Crippen LogP contribution is 2.18. The van der Waals surface area contributed by atoms with Crippen LogP contribution in [0.3, 0.4) is 0 Å². The van der Waals surface area contributed by atoms with Gasteiger partial charge in [-0.2, -0.15) is 0 Å². The third-order valence-corrected chi connectivity index (χ3v) is 3.25. The van der Waals surface area contributed by atoms with Crippen LogP contribution in [-0.4, -0.2) is 44.9 Å². The number of aliphatic hydroxyl groups excluding tert-OH is 2. The Hall–Kier alpha value is -1.30. The molecule has 3 N–H and O–H groups in total. The normalized spacial score (nSPS) is 12.8. The first-order valence-corrected chi connectivity index (χ1v) is 6.81. The number of hydrogen-bond acceptors (Lipinski definition) is 4. The number of fused-ring (bicyclic) bond motifs is 1. The number of hydrogen-bond donors (Lipinski definition) is 3. The van der Waals surface area contributed by atoms with Crippen LogP contribution in [0.1, 0.15) is 6.42 Å². The number of benzene rings is 1. The lowest BCUT2D eigenvalue weighted by molar-refractivity contribution is 0.211. The lowest BCUT2D eigenvalue weighted by atomic mass is 10.2. The number of alkyl halides is 1. The molecule has 2 rings (SSSR count).